The summed E-state index contributed by atoms with van der Waals surface area (Å²) in [5.41, 5.74) is 1.06. The fourth-order valence-corrected chi connectivity index (χ4v) is 4.78. The Hall–Kier alpha value is -3.02. The van der Waals surface area contributed by atoms with Crippen molar-refractivity contribution >= 4 is 55.7 Å². The van der Waals surface area contributed by atoms with E-state index in [1.165, 1.54) is 18.2 Å². The maximum Gasteiger partial charge on any atom is 0.338 e. The third-order valence-corrected chi connectivity index (χ3v) is 6.95. The van der Waals surface area contributed by atoms with E-state index in [0.717, 1.165) is 0 Å². The third kappa shape index (κ3) is 5.19. The van der Waals surface area contributed by atoms with Gasteiger partial charge in [-0.3, -0.25) is 14.8 Å². The minimum Gasteiger partial charge on any atom is -0.462 e. The van der Waals surface area contributed by atoms with Crippen molar-refractivity contribution in [2.45, 2.75) is 18.2 Å². The van der Waals surface area contributed by atoms with Gasteiger partial charge in [0, 0.05) is 0 Å². The molecule has 162 valence electrons. The zero-order chi connectivity index (χ0) is 22.6. The minimum absolute atomic E-state index is 0.0118. The Morgan fingerprint density at radius 1 is 1.10 bits per heavy atom. The van der Waals surface area contributed by atoms with Gasteiger partial charge in [-0.15, -0.1) is 10.2 Å². The van der Waals surface area contributed by atoms with Crippen molar-refractivity contribution in [3.05, 3.63) is 64.2 Å². The van der Waals surface area contributed by atoms with Crippen molar-refractivity contribution < 1.29 is 22.7 Å². The summed E-state index contributed by atoms with van der Waals surface area (Å²) in [5, 5.41) is 10.1. The van der Waals surface area contributed by atoms with Crippen LogP contribution < -0.4 is 10.0 Å². The summed E-state index contributed by atoms with van der Waals surface area (Å²) in [6.45, 7) is 3.47. The highest BCUT2D eigenvalue weighted by Crippen LogP contribution is 2.26. The van der Waals surface area contributed by atoms with Gasteiger partial charge >= 0.3 is 5.97 Å². The lowest BCUT2D eigenvalue weighted by atomic mass is 10.1. The lowest BCUT2D eigenvalue weighted by Gasteiger charge is -2.11. The number of carbonyl (C=O) groups is 2. The molecule has 1 aromatic heterocycles. The molecular weight excluding hydrogens is 464 g/mol. The topological polar surface area (TPSA) is 127 Å². The molecule has 2 N–H and O–H groups in total. The summed E-state index contributed by atoms with van der Waals surface area (Å²) >= 11 is 6.66. The normalized spacial score (nSPS) is 11.1. The molecule has 3 aromatic rings. The summed E-state index contributed by atoms with van der Waals surface area (Å²) < 4.78 is 32.5. The number of sulfonamides is 1. The summed E-state index contributed by atoms with van der Waals surface area (Å²) in [6.07, 6.45) is 0. The number of aromatic nitrogens is 2. The van der Waals surface area contributed by atoms with Crippen LogP contribution in [0.4, 0.5) is 10.8 Å². The van der Waals surface area contributed by atoms with Gasteiger partial charge in [-0.1, -0.05) is 41.1 Å². The van der Waals surface area contributed by atoms with Crippen LogP contribution in [-0.4, -0.2) is 37.1 Å². The van der Waals surface area contributed by atoms with Crippen LogP contribution in [0, 0.1) is 6.92 Å². The van der Waals surface area contributed by atoms with Gasteiger partial charge in [-0.2, -0.15) is 8.42 Å². The Balaban J connectivity index is 1.79. The number of amides is 1. The second-order valence-corrected chi connectivity index (χ2v) is 9.35. The summed E-state index contributed by atoms with van der Waals surface area (Å²) in [4.78, 5) is 24.3. The van der Waals surface area contributed by atoms with Gasteiger partial charge in [0.05, 0.1) is 28.4 Å². The highest BCUT2D eigenvalue weighted by Gasteiger charge is 2.23. The van der Waals surface area contributed by atoms with E-state index in [1.54, 1.807) is 38.1 Å². The average molecular weight is 481 g/mol. The van der Waals surface area contributed by atoms with Gasteiger partial charge in [0.15, 0.2) is 0 Å². The summed E-state index contributed by atoms with van der Waals surface area (Å²) in [7, 11) is -4.11. The average Bonchev–Trinajstić information content (AvgIpc) is 3.19. The van der Waals surface area contributed by atoms with Gasteiger partial charge in [-0.25, -0.2) is 4.79 Å². The van der Waals surface area contributed by atoms with E-state index in [2.05, 4.69) is 20.2 Å². The molecule has 0 fully saturated rings. The molecule has 1 heterocycles. The Kier molecular flexibility index (Phi) is 6.88. The van der Waals surface area contributed by atoms with Crippen LogP contribution in [-0.2, 0) is 14.8 Å². The highest BCUT2D eigenvalue weighted by atomic mass is 35.5. The van der Waals surface area contributed by atoms with E-state index in [-0.39, 0.29) is 37.9 Å². The molecule has 0 aliphatic carbocycles. The zero-order valence-corrected chi connectivity index (χ0v) is 18.8. The lowest BCUT2D eigenvalue weighted by molar-refractivity contribution is 0.0525. The molecule has 2 aromatic carbocycles. The number of esters is 1. The van der Waals surface area contributed by atoms with E-state index in [1.807, 2.05) is 0 Å². The molecule has 0 aliphatic rings. The molecule has 9 nitrogen and oxygen atoms in total. The number of halogens is 1. The van der Waals surface area contributed by atoms with Crippen molar-refractivity contribution in [1.29, 1.82) is 0 Å². The molecule has 0 spiro atoms. The Bertz CT molecular complexity index is 1240. The number of ether oxygens (including phenoxy) is 1. The fraction of sp³-hybridized carbons (Fsp3) is 0.158. The fourth-order valence-electron chi connectivity index (χ4n) is 2.54. The van der Waals surface area contributed by atoms with E-state index in [4.69, 9.17) is 16.3 Å². The van der Waals surface area contributed by atoms with Crippen LogP contribution in [0.25, 0.3) is 0 Å². The van der Waals surface area contributed by atoms with Crippen LogP contribution >= 0.6 is 22.9 Å². The SMILES string of the molecule is CCOC(=O)c1cccc(NS(=O)(=O)c2nnc(NC(=O)c3ccccc3Cl)s2)c1C. The van der Waals surface area contributed by atoms with E-state index in [9.17, 15) is 18.0 Å². The standard InChI is InChI=1S/C19H17ClN4O5S2/c1-3-29-17(26)12-8-6-10-15(11(12)2)24-31(27,28)19-23-22-18(30-19)21-16(25)13-7-4-5-9-14(13)20/h4-10,24H,3H2,1-2H3,(H,21,22,25). The third-order valence-electron chi connectivity index (χ3n) is 4.05. The predicted molar refractivity (Wildman–Crippen MR) is 117 cm³/mol. The molecular formula is C19H17ClN4O5S2. The van der Waals surface area contributed by atoms with Crippen molar-refractivity contribution in [2.24, 2.45) is 0 Å². The Morgan fingerprint density at radius 3 is 2.52 bits per heavy atom. The molecule has 31 heavy (non-hydrogen) atoms. The molecule has 0 saturated heterocycles. The second-order valence-electron chi connectivity index (χ2n) is 6.11. The number of carbonyl (C=O) groups excluding carboxylic acids is 2. The molecule has 0 radical (unpaired) electrons. The van der Waals surface area contributed by atoms with E-state index >= 15 is 0 Å². The Morgan fingerprint density at radius 2 is 1.81 bits per heavy atom. The van der Waals surface area contributed by atoms with Gasteiger partial charge in [0.2, 0.25) is 5.13 Å². The van der Waals surface area contributed by atoms with Crippen molar-refractivity contribution in [3.8, 4) is 0 Å². The first-order valence-electron chi connectivity index (χ1n) is 8.92. The number of nitrogens with one attached hydrogen (secondary N) is 2. The van der Waals surface area contributed by atoms with Gasteiger partial charge in [0.25, 0.3) is 20.3 Å². The number of nitrogens with zero attached hydrogens (tertiary/aromatic N) is 2. The van der Waals surface area contributed by atoms with Crippen molar-refractivity contribution in [1.82, 2.24) is 10.2 Å². The van der Waals surface area contributed by atoms with Crippen LogP contribution in [0.1, 0.15) is 33.2 Å². The lowest BCUT2D eigenvalue weighted by Crippen LogP contribution is -2.15. The smallest absolute Gasteiger partial charge is 0.338 e. The Labute approximate surface area is 187 Å². The zero-order valence-electron chi connectivity index (χ0n) is 16.4. The number of benzene rings is 2. The van der Waals surface area contributed by atoms with Gasteiger partial charge in [-0.05, 0) is 43.7 Å². The molecule has 0 aliphatic heterocycles. The minimum atomic E-state index is -4.11. The van der Waals surface area contributed by atoms with E-state index < -0.39 is 21.9 Å². The molecule has 0 unspecified atom stereocenters. The molecule has 0 atom stereocenters. The first-order valence-corrected chi connectivity index (χ1v) is 11.6. The second kappa shape index (κ2) is 9.41. The van der Waals surface area contributed by atoms with Crippen molar-refractivity contribution in [2.75, 3.05) is 16.6 Å². The van der Waals surface area contributed by atoms with Crippen molar-refractivity contribution in [3.63, 3.8) is 0 Å². The predicted octanol–water partition coefficient (Wildman–Crippen LogP) is 3.73. The molecule has 12 heteroatoms. The molecule has 3 rings (SSSR count). The maximum absolute atomic E-state index is 12.7. The largest absolute Gasteiger partial charge is 0.462 e. The van der Waals surface area contributed by atoms with Gasteiger partial charge < -0.3 is 4.74 Å². The number of hydrogen-bond donors (Lipinski definition) is 2. The van der Waals surface area contributed by atoms with E-state index in [0.29, 0.717) is 16.9 Å². The molecule has 1 amide bonds. The summed E-state index contributed by atoms with van der Waals surface area (Å²) in [5.74, 6) is -1.10. The summed E-state index contributed by atoms with van der Waals surface area (Å²) in [6, 6.07) is 11.0. The number of hydrogen-bond acceptors (Lipinski definition) is 8. The first-order chi connectivity index (χ1) is 14.7. The molecule has 0 saturated carbocycles. The van der Waals surface area contributed by atoms with Crippen LogP contribution in [0.2, 0.25) is 5.02 Å². The van der Waals surface area contributed by atoms with Crippen LogP contribution in [0.3, 0.4) is 0 Å². The maximum atomic E-state index is 12.7. The van der Waals surface area contributed by atoms with Crippen LogP contribution in [0.5, 0.6) is 0 Å². The molecule has 0 bridgehead atoms. The number of anilines is 2. The monoisotopic (exact) mass is 480 g/mol. The highest BCUT2D eigenvalue weighted by molar-refractivity contribution is 7.94. The first kappa shape index (κ1) is 22.7. The van der Waals surface area contributed by atoms with Gasteiger partial charge in [0.1, 0.15) is 0 Å². The quantitative estimate of drug-likeness (QED) is 0.389. The number of rotatable bonds is 7. The van der Waals surface area contributed by atoms with Crippen LogP contribution in [0.15, 0.2) is 46.8 Å².